The summed E-state index contributed by atoms with van der Waals surface area (Å²) in [5, 5.41) is 0. The molecule has 1 aromatic carbocycles. The minimum atomic E-state index is -4.58. The van der Waals surface area contributed by atoms with Gasteiger partial charge in [0.25, 0.3) is 10.1 Å². The van der Waals surface area contributed by atoms with Crippen LogP contribution in [0.2, 0.25) is 0 Å². The molecule has 4 rings (SSSR count). The highest BCUT2D eigenvalue weighted by molar-refractivity contribution is 7.86. The number of hydrogen-bond donors (Lipinski definition) is 1. The fourth-order valence-corrected chi connectivity index (χ4v) is 3.48. The highest BCUT2D eigenvalue weighted by atomic mass is 32.2. The van der Waals surface area contributed by atoms with Crippen molar-refractivity contribution in [2.75, 3.05) is 26.2 Å². The van der Waals surface area contributed by atoms with Crippen molar-refractivity contribution < 1.29 is 22.6 Å². The van der Waals surface area contributed by atoms with E-state index in [1.165, 1.54) is 12.1 Å². The van der Waals surface area contributed by atoms with Crippen LogP contribution in [0.5, 0.6) is 0 Å². The molecular formula is C14H12N2O5S. The van der Waals surface area contributed by atoms with Crippen molar-refractivity contribution >= 4 is 21.7 Å². The van der Waals surface area contributed by atoms with Crippen molar-refractivity contribution in [3.8, 4) is 0 Å². The topological polar surface area (TPSA) is 94.5 Å². The van der Waals surface area contributed by atoms with Gasteiger partial charge in [-0.1, -0.05) is 12.1 Å². The van der Waals surface area contributed by atoms with Crippen LogP contribution in [-0.4, -0.2) is 60.5 Å². The van der Waals surface area contributed by atoms with Crippen LogP contribution in [0.1, 0.15) is 20.7 Å². The summed E-state index contributed by atoms with van der Waals surface area (Å²) in [6, 6.07) is 3.92. The molecule has 114 valence electrons. The number of nitrogens with zero attached hydrogens (tertiary/aromatic N) is 2. The number of carbonyl (C=O) groups is 2. The van der Waals surface area contributed by atoms with E-state index in [1.54, 1.807) is 9.80 Å². The lowest BCUT2D eigenvalue weighted by atomic mass is 9.90. The number of fused-ring (bicyclic) bond motifs is 1. The first-order valence-corrected chi connectivity index (χ1v) is 8.27. The van der Waals surface area contributed by atoms with E-state index in [9.17, 15) is 22.6 Å². The molecule has 0 amide bonds. The highest BCUT2D eigenvalue weighted by Gasteiger charge is 2.44. The van der Waals surface area contributed by atoms with Gasteiger partial charge < -0.3 is 9.80 Å². The van der Waals surface area contributed by atoms with Gasteiger partial charge in [0, 0.05) is 31.7 Å². The van der Waals surface area contributed by atoms with E-state index < -0.39 is 20.8 Å². The minimum Gasteiger partial charge on any atom is -0.363 e. The first-order valence-electron chi connectivity index (χ1n) is 6.83. The number of hydrogen-bond acceptors (Lipinski definition) is 6. The molecule has 1 aromatic rings. The maximum atomic E-state index is 12.8. The number of carbonyl (C=O) groups excluding carboxylic acids is 2. The van der Waals surface area contributed by atoms with Gasteiger partial charge in [-0.3, -0.25) is 14.1 Å². The number of Topliss-reactive ketones (excluding diaryl/α,β-unsaturated/α-hetero) is 2. The lowest BCUT2D eigenvalue weighted by Gasteiger charge is -2.23. The lowest BCUT2D eigenvalue weighted by molar-refractivity contribution is 0.0943. The Kier molecular flexibility index (Phi) is 2.56. The Labute approximate surface area is 126 Å². The van der Waals surface area contributed by atoms with Crippen LogP contribution in [0, 0.1) is 0 Å². The second-order valence-corrected chi connectivity index (χ2v) is 6.87. The summed E-state index contributed by atoms with van der Waals surface area (Å²) < 4.78 is 32.4. The first-order chi connectivity index (χ1) is 10.4. The van der Waals surface area contributed by atoms with Gasteiger partial charge in [0.2, 0.25) is 11.6 Å². The number of allylic oxidation sites excluding steroid dienone is 2. The quantitative estimate of drug-likeness (QED) is 0.626. The Morgan fingerprint density at radius 2 is 1.45 bits per heavy atom. The average molecular weight is 320 g/mol. The monoisotopic (exact) mass is 320 g/mol. The summed E-state index contributed by atoms with van der Waals surface area (Å²) in [4.78, 5) is 28.6. The molecule has 0 atom stereocenters. The third-order valence-corrected chi connectivity index (χ3v) is 4.85. The minimum absolute atomic E-state index is 0.0348. The fraction of sp³-hybridized carbons (Fsp3) is 0.286. The molecule has 1 aliphatic carbocycles. The van der Waals surface area contributed by atoms with Crippen LogP contribution in [0.3, 0.4) is 0 Å². The van der Waals surface area contributed by atoms with Gasteiger partial charge >= 0.3 is 0 Å². The molecule has 7 nitrogen and oxygen atoms in total. The van der Waals surface area contributed by atoms with E-state index in [2.05, 4.69) is 0 Å². The van der Waals surface area contributed by atoms with Crippen molar-refractivity contribution in [1.82, 2.24) is 9.80 Å². The maximum absolute atomic E-state index is 12.8. The molecule has 1 N–H and O–H groups in total. The Morgan fingerprint density at radius 3 is 1.95 bits per heavy atom. The first kappa shape index (κ1) is 13.5. The smallest absolute Gasteiger partial charge is 0.295 e. The van der Waals surface area contributed by atoms with E-state index in [4.69, 9.17) is 0 Å². The Morgan fingerprint density at radius 1 is 0.909 bits per heavy atom. The van der Waals surface area contributed by atoms with Crippen LogP contribution in [0.25, 0.3) is 0 Å². The predicted molar refractivity (Wildman–Crippen MR) is 75.1 cm³/mol. The molecule has 2 fully saturated rings. The van der Waals surface area contributed by atoms with Crippen molar-refractivity contribution in [2.24, 2.45) is 0 Å². The van der Waals surface area contributed by atoms with Gasteiger partial charge in [-0.15, -0.1) is 0 Å². The van der Waals surface area contributed by atoms with E-state index in [1.807, 2.05) is 0 Å². The summed E-state index contributed by atoms with van der Waals surface area (Å²) in [6.45, 7) is 2.74. The standard InChI is InChI=1S/C14H12N2O5S/c17-13-8-2-1-3-9(22(19,20)21)10(8)14(18)12(16-6-7-16)11(13)15-4-5-15/h1-3H,4-7H2,(H,19,20,21). The van der Waals surface area contributed by atoms with Gasteiger partial charge in [0.05, 0.1) is 5.56 Å². The number of ketones is 2. The van der Waals surface area contributed by atoms with Gasteiger partial charge in [-0.25, -0.2) is 0 Å². The molecule has 0 unspecified atom stereocenters. The summed E-state index contributed by atoms with van der Waals surface area (Å²) in [6.07, 6.45) is 0. The Hall–Kier alpha value is -2.19. The van der Waals surface area contributed by atoms with E-state index in [-0.39, 0.29) is 22.6 Å². The van der Waals surface area contributed by atoms with Crippen LogP contribution in [-0.2, 0) is 10.1 Å². The van der Waals surface area contributed by atoms with Crippen LogP contribution in [0.15, 0.2) is 34.5 Å². The van der Waals surface area contributed by atoms with Gasteiger partial charge in [0.1, 0.15) is 16.3 Å². The van der Waals surface area contributed by atoms with Crippen LogP contribution in [0.4, 0.5) is 0 Å². The van der Waals surface area contributed by atoms with Crippen molar-refractivity contribution in [3.63, 3.8) is 0 Å². The second kappa shape index (κ2) is 4.17. The number of benzene rings is 1. The van der Waals surface area contributed by atoms with Crippen molar-refractivity contribution in [1.29, 1.82) is 0 Å². The van der Waals surface area contributed by atoms with E-state index in [0.29, 0.717) is 31.9 Å². The van der Waals surface area contributed by atoms with Crippen LogP contribution < -0.4 is 0 Å². The number of rotatable bonds is 3. The third-order valence-electron chi connectivity index (χ3n) is 3.96. The molecule has 2 aliphatic heterocycles. The maximum Gasteiger partial charge on any atom is 0.295 e. The normalized spacial score (nSPS) is 20.4. The Bertz CT molecular complexity index is 863. The molecule has 0 spiro atoms. The third kappa shape index (κ3) is 1.87. The highest BCUT2D eigenvalue weighted by Crippen LogP contribution is 2.37. The lowest BCUT2D eigenvalue weighted by Crippen LogP contribution is -2.30. The zero-order valence-corrected chi connectivity index (χ0v) is 12.3. The predicted octanol–water partition coefficient (Wildman–Crippen LogP) is 0.155. The van der Waals surface area contributed by atoms with Crippen molar-refractivity contribution in [3.05, 3.63) is 40.7 Å². The molecule has 0 saturated carbocycles. The van der Waals surface area contributed by atoms with Crippen molar-refractivity contribution in [2.45, 2.75) is 4.90 Å². The van der Waals surface area contributed by atoms with Crippen LogP contribution >= 0.6 is 0 Å². The molecular weight excluding hydrogens is 308 g/mol. The molecule has 2 heterocycles. The van der Waals surface area contributed by atoms with Gasteiger partial charge in [-0.05, 0) is 6.07 Å². The molecule has 0 radical (unpaired) electrons. The van der Waals surface area contributed by atoms with E-state index >= 15 is 0 Å². The Balaban J connectivity index is 1.99. The average Bonchev–Trinajstić information content (AvgIpc) is 3.33. The molecule has 22 heavy (non-hydrogen) atoms. The molecule has 8 heteroatoms. The summed E-state index contributed by atoms with van der Waals surface area (Å²) >= 11 is 0. The van der Waals surface area contributed by atoms with E-state index in [0.717, 1.165) is 6.07 Å². The fourth-order valence-electron chi connectivity index (χ4n) is 2.76. The molecule has 3 aliphatic rings. The molecule has 0 bridgehead atoms. The SMILES string of the molecule is O=C1C(N2CC2)=C(N2CC2)C(=O)c2c1cccc2S(=O)(=O)O. The van der Waals surface area contributed by atoms with Gasteiger partial charge in [-0.2, -0.15) is 8.42 Å². The summed E-state index contributed by atoms with van der Waals surface area (Å²) in [7, 11) is -4.58. The zero-order chi connectivity index (χ0) is 15.6. The zero-order valence-electron chi connectivity index (χ0n) is 11.4. The molecule has 0 aromatic heterocycles. The summed E-state index contributed by atoms with van der Waals surface area (Å²) in [5.74, 6) is -0.873. The summed E-state index contributed by atoms with van der Waals surface area (Å²) in [5.41, 5.74) is 0.420. The largest absolute Gasteiger partial charge is 0.363 e. The van der Waals surface area contributed by atoms with Gasteiger partial charge in [0.15, 0.2) is 0 Å². The molecule has 2 saturated heterocycles. The second-order valence-electron chi connectivity index (χ2n) is 5.48.